The number of piperidine rings is 1. The molecule has 0 aromatic rings. The Morgan fingerprint density at radius 1 is 1.28 bits per heavy atom. The summed E-state index contributed by atoms with van der Waals surface area (Å²) in [4.78, 5) is 13.9. The molecule has 0 aromatic carbocycles. The molecule has 1 aliphatic heterocycles. The van der Waals surface area contributed by atoms with Crippen molar-refractivity contribution < 1.29 is 9.53 Å². The number of carbonyl (C=O) groups is 1. The molecule has 4 nitrogen and oxygen atoms in total. The fourth-order valence-corrected chi connectivity index (χ4v) is 2.26. The number of hydrogen-bond donors (Lipinski definition) is 1. The molecule has 0 aliphatic carbocycles. The molecule has 0 bridgehead atoms. The molecule has 1 saturated heterocycles. The van der Waals surface area contributed by atoms with E-state index in [0.29, 0.717) is 5.92 Å². The minimum Gasteiger partial charge on any atom is -0.444 e. The lowest BCUT2D eigenvalue weighted by molar-refractivity contribution is 0.0114. The van der Waals surface area contributed by atoms with E-state index in [1.807, 2.05) is 32.7 Å². The highest BCUT2D eigenvalue weighted by molar-refractivity contribution is 5.68. The molecule has 0 aromatic heterocycles. The molecule has 1 atom stereocenters. The zero-order valence-electron chi connectivity index (χ0n) is 12.7. The minimum atomic E-state index is -0.414. The third-order valence-corrected chi connectivity index (χ3v) is 3.74. The van der Waals surface area contributed by atoms with E-state index in [1.165, 1.54) is 0 Å². The summed E-state index contributed by atoms with van der Waals surface area (Å²) in [7, 11) is 1.98. The summed E-state index contributed by atoms with van der Waals surface area (Å²) in [5, 5.41) is 3.34. The van der Waals surface area contributed by atoms with Crippen LogP contribution in [0.4, 0.5) is 4.79 Å². The molecule has 106 valence electrons. The van der Waals surface area contributed by atoms with Crippen molar-refractivity contribution in [2.75, 3.05) is 20.1 Å². The molecule has 1 amide bonds. The lowest BCUT2D eigenvalue weighted by atomic mass is 9.81. The number of carbonyl (C=O) groups excluding carboxylic acids is 1. The van der Waals surface area contributed by atoms with Gasteiger partial charge in [-0.1, -0.05) is 0 Å². The molecular weight excluding hydrogens is 228 g/mol. The van der Waals surface area contributed by atoms with Gasteiger partial charge in [-0.05, 0) is 60.4 Å². The third-order valence-electron chi connectivity index (χ3n) is 3.74. The van der Waals surface area contributed by atoms with E-state index >= 15 is 0 Å². The van der Waals surface area contributed by atoms with Gasteiger partial charge in [0.25, 0.3) is 0 Å². The summed E-state index contributed by atoms with van der Waals surface area (Å²) in [6.45, 7) is 11.7. The van der Waals surface area contributed by atoms with E-state index in [-0.39, 0.29) is 11.6 Å². The number of hydrogen-bond acceptors (Lipinski definition) is 3. The van der Waals surface area contributed by atoms with Crippen molar-refractivity contribution in [2.45, 2.75) is 58.6 Å². The van der Waals surface area contributed by atoms with Crippen molar-refractivity contribution in [3.63, 3.8) is 0 Å². The normalized spacial score (nSPS) is 21.9. The third kappa shape index (κ3) is 4.16. The molecule has 18 heavy (non-hydrogen) atoms. The van der Waals surface area contributed by atoms with Crippen molar-refractivity contribution in [1.29, 1.82) is 0 Å². The standard InChI is InChI=1S/C14H28N2O2/c1-13(2,3)18-12(17)16-9-7-8-11(10-16)14(4,5)15-6/h11,15H,7-10H2,1-6H3. The van der Waals surface area contributed by atoms with Crippen molar-refractivity contribution in [3.05, 3.63) is 0 Å². The van der Waals surface area contributed by atoms with E-state index in [4.69, 9.17) is 4.74 Å². The molecule has 4 heteroatoms. The first-order chi connectivity index (χ1) is 8.15. The zero-order valence-corrected chi connectivity index (χ0v) is 12.7. The van der Waals surface area contributed by atoms with E-state index in [9.17, 15) is 4.79 Å². The van der Waals surface area contributed by atoms with Gasteiger partial charge in [0, 0.05) is 18.6 Å². The Morgan fingerprint density at radius 3 is 2.39 bits per heavy atom. The smallest absolute Gasteiger partial charge is 0.410 e. The van der Waals surface area contributed by atoms with Crippen LogP contribution < -0.4 is 5.32 Å². The summed E-state index contributed by atoms with van der Waals surface area (Å²) >= 11 is 0. The first kappa shape index (κ1) is 15.3. The van der Waals surface area contributed by atoms with Crippen LogP contribution in [0.1, 0.15) is 47.5 Å². The first-order valence-electron chi connectivity index (χ1n) is 6.82. The molecule has 0 radical (unpaired) electrons. The zero-order chi connectivity index (χ0) is 14.0. The Labute approximate surface area is 111 Å². The molecule has 1 heterocycles. The largest absolute Gasteiger partial charge is 0.444 e. The lowest BCUT2D eigenvalue weighted by Crippen LogP contribution is -2.53. The van der Waals surface area contributed by atoms with Crippen LogP contribution >= 0.6 is 0 Å². The average molecular weight is 256 g/mol. The molecule has 1 unspecified atom stereocenters. The van der Waals surface area contributed by atoms with Crippen LogP contribution in [0, 0.1) is 5.92 Å². The second kappa shape index (κ2) is 5.47. The quantitative estimate of drug-likeness (QED) is 0.826. The topological polar surface area (TPSA) is 41.6 Å². The molecule has 1 N–H and O–H groups in total. The average Bonchev–Trinajstić information content (AvgIpc) is 2.27. The molecule has 1 fully saturated rings. The summed E-state index contributed by atoms with van der Waals surface area (Å²) in [6.07, 6.45) is 2.03. The maximum Gasteiger partial charge on any atom is 0.410 e. The van der Waals surface area contributed by atoms with Crippen LogP contribution in [0.25, 0.3) is 0 Å². The number of nitrogens with one attached hydrogen (secondary N) is 1. The van der Waals surface area contributed by atoms with Gasteiger partial charge in [-0.2, -0.15) is 0 Å². The van der Waals surface area contributed by atoms with Gasteiger partial charge >= 0.3 is 6.09 Å². The summed E-state index contributed by atoms with van der Waals surface area (Å²) in [6, 6.07) is 0. The second-order valence-electron chi connectivity index (χ2n) is 6.74. The number of amides is 1. The van der Waals surface area contributed by atoms with Crippen LogP contribution in [-0.4, -0.2) is 42.3 Å². The van der Waals surface area contributed by atoms with Gasteiger partial charge in [-0.3, -0.25) is 0 Å². The van der Waals surface area contributed by atoms with Crippen LogP contribution in [0.3, 0.4) is 0 Å². The predicted molar refractivity (Wildman–Crippen MR) is 73.7 cm³/mol. The maximum atomic E-state index is 12.1. The van der Waals surface area contributed by atoms with Gasteiger partial charge in [-0.25, -0.2) is 4.79 Å². The number of likely N-dealkylation sites (tertiary alicyclic amines) is 1. The van der Waals surface area contributed by atoms with Crippen LogP contribution in [0.5, 0.6) is 0 Å². The van der Waals surface area contributed by atoms with E-state index in [1.54, 1.807) is 0 Å². The second-order valence-corrected chi connectivity index (χ2v) is 6.74. The minimum absolute atomic E-state index is 0.0562. The fraction of sp³-hybridized carbons (Fsp3) is 0.929. The van der Waals surface area contributed by atoms with Gasteiger partial charge in [0.2, 0.25) is 0 Å². The lowest BCUT2D eigenvalue weighted by Gasteiger charge is -2.41. The van der Waals surface area contributed by atoms with Crippen molar-refractivity contribution in [2.24, 2.45) is 5.92 Å². The van der Waals surface area contributed by atoms with Crippen molar-refractivity contribution in [3.8, 4) is 0 Å². The number of nitrogens with zero attached hydrogens (tertiary/aromatic N) is 1. The van der Waals surface area contributed by atoms with Gasteiger partial charge in [-0.15, -0.1) is 0 Å². The number of rotatable bonds is 2. The molecular formula is C14H28N2O2. The summed E-state index contributed by atoms with van der Waals surface area (Å²) < 4.78 is 5.44. The van der Waals surface area contributed by atoms with Gasteiger partial charge in [0.1, 0.15) is 5.60 Å². The highest BCUT2D eigenvalue weighted by atomic mass is 16.6. The Balaban J connectivity index is 2.61. The molecule has 1 rings (SSSR count). The van der Waals surface area contributed by atoms with E-state index < -0.39 is 5.60 Å². The van der Waals surface area contributed by atoms with Gasteiger partial charge in [0.15, 0.2) is 0 Å². The molecule has 0 saturated carbocycles. The van der Waals surface area contributed by atoms with Crippen molar-refractivity contribution >= 4 is 6.09 Å². The fourth-order valence-electron chi connectivity index (χ4n) is 2.26. The van der Waals surface area contributed by atoms with Gasteiger partial charge < -0.3 is 15.0 Å². The highest BCUT2D eigenvalue weighted by Crippen LogP contribution is 2.27. The monoisotopic (exact) mass is 256 g/mol. The molecule has 1 aliphatic rings. The Bertz CT molecular complexity index is 295. The number of ether oxygens (including phenoxy) is 1. The molecule has 0 spiro atoms. The highest BCUT2D eigenvalue weighted by Gasteiger charge is 2.34. The summed E-state index contributed by atoms with van der Waals surface area (Å²) in [5.41, 5.74) is -0.358. The van der Waals surface area contributed by atoms with Gasteiger partial charge in [0.05, 0.1) is 0 Å². The predicted octanol–water partition coefficient (Wildman–Crippen LogP) is 2.63. The van der Waals surface area contributed by atoms with Crippen LogP contribution in [0.2, 0.25) is 0 Å². The Hall–Kier alpha value is -0.770. The van der Waals surface area contributed by atoms with E-state index in [2.05, 4.69) is 19.2 Å². The van der Waals surface area contributed by atoms with Crippen LogP contribution in [-0.2, 0) is 4.74 Å². The van der Waals surface area contributed by atoms with Crippen molar-refractivity contribution in [1.82, 2.24) is 10.2 Å². The first-order valence-corrected chi connectivity index (χ1v) is 6.82. The SMILES string of the molecule is CNC(C)(C)C1CCCN(C(=O)OC(C)(C)C)C1. The Kier molecular flexibility index (Phi) is 4.65. The van der Waals surface area contributed by atoms with E-state index in [0.717, 1.165) is 25.9 Å². The maximum absolute atomic E-state index is 12.1. The summed E-state index contributed by atoms with van der Waals surface area (Å²) in [5.74, 6) is 0.476. The Morgan fingerprint density at radius 2 is 1.89 bits per heavy atom. The van der Waals surface area contributed by atoms with Crippen LogP contribution in [0.15, 0.2) is 0 Å².